The molecule has 2 aromatic rings. The van der Waals surface area contributed by atoms with E-state index >= 15 is 14.4 Å². The van der Waals surface area contributed by atoms with Crippen molar-refractivity contribution in [1.82, 2.24) is 60.9 Å². The van der Waals surface area contributed by atoms with Gasteiger partial charge in [0.2, 0.25) is 70.9 Å². The molecule has 2 aliphatic heterocycles. The smallest absolute Gasteiger partial charge is 0.248 e. The van der Waals surface area contributed by atoms with Crippen LogP contribution in [0.2, 0.25) is 5.02 Å². The number of likely N-dealkylation sites (N-methyl/N-ethyl adjacent to an activating group) is 6. The Balaban J connectivity index is 1.92. The van der Waals surface area contributed by atoms with Crippen LogP contribution < -0.4 is 26.6 Å². The summed E-state index contributed by atoms with van der Waals surface area (Å²) in [7, 11) is 8.24. The molecule has 2 aromatic carbocycles. The Morgan fingerprint density at radius 3 is 1.59 bits per heavy atom. The third kappa shape index (κ3) is 24.1. The van der Waals surface area contributed by atoms with Crippen LogP contribution in [0.15, 0.2) is 54.6 Å². The van der Waals surface area contributed by atoms with Crippen LogP contribution in [0.25, 0.3) is 0 Å². The molecule has 25 nitrogen and oxygen atoms in total. The van der Waals surface area contributed by atoms with Crippen molar-refractivity contribution in [1.29, 1.82) is 0 Å². The predicted molar refractivity (Wildman–Crippen MR) is 370 cm³/mol. The van der Waals surface area contributed by atoms with Gasteiger partial charge >= 0.3 is 0 Å². The van der Waals surface area contributed by atoms with Crippen molar-refractivity contribution in [3.8, 4) is 0 Å². The maximum absolute atomic E-state index is 15.2. The number of likely N-dealkylation sites (tertiary alicyclic amines) is 1. The summed E-state index contributed by atoms with van der Waals surface area (Å²) in [5.41, 5.74) is 1.38. The number of benzene rings is 2. The fourth-order valence-corrected chi connectivity index (χ4v) is 12.5. The van der Waals surface area contributed by atoms with E-state index in [2.05, 4.69) is 26.6 Å². The number of aliphatic hydroxyl groups excluding tert-OH is 1. The van der Waals surface area contributed by atoms with E-state index in [0.29, 0.717) is 42.9 Å². The van der Waals surface area contributed by atoms with Crippen LogP contribution in [0.5, 0.6) is 0 Å². The third-order valence-electron chi connectivity index (χ3n) is 18.4. The van der Waals surface area contributed by atoms with Crippen LogP contribution in [0, 0.1) is 29.6 Å². The van der Waals surface area contributed by atoms with E-state index in [1.807, 2.05) is 48.5 Å². The summed E-state index contributed by atoms with van der Waals surface area (Å²) in [5, 5.41) is 25.7. The van der Waals surface area contributed by atoms with Gasteiger partial charge in [0.1, 0.15) is 54.4 Å². The largest absolute Gasteiger partial charge is 0.391 e. The van der Waals surface area contributed by atoms with Crippen LogP contribution in [0.3, 0.4) is 0 Å². The van der Waals surface area contributed by atoms with E-state index in [-0.39, 0.29) is 56.3 Å². The Morgan fingerprint density at radius 1 is 0.526 bits per heavy atom. The Kier molecular flexibility index (Phi) is 32.4. The highest BCUT2D eigenvalue weighted by Gasteiger charge is 2.43. The minimum absolute atomic E-state index is 0.0145. The van der Waals surface area contributed by atoms with Crippen molar-refractivity contribution in [2.24, 2.45) is 29.6 Å². The number of aryl methyl sites for hydroxylation is 1. The number of hydrogen-bond donors (Lipinski definition) is 6. The van der Waals surface area contributed by atoms with Gasteiger partial charge in [-0.15, -0.1) is 0 Å². The third-order valence-corrected chi connectivity index (χ3v) is 18.6. The standard InChI is InChI=1S/C71H111ClN12O13/c1-18-46(10)60-71(97)82(16)55(36-44(6)7)65(91)77-61(47(11)85)70(96)79(13)41-59(88)80(14)54(35-43(4)5)64(90)74-52(34-42(2)3)63(89)73-51(31-30-49-28-25-29-50(72)37-49)68(94)83(17)62(45(8)9)67(93)75-53(69(95)84-32-23-20-24-33-84)39-57(86)78(12)40-58(87)81(15)56(66(92)76-60)38-48-26-21-19-22-27-48/h19,21-22,25-29,37,42-47,51-56,60-62,85H,18,20,23-24,30-36,38-41H2,1-17H3,(H,73,89)(H,74,90)(H,75,93)(H,76,92)(H,77,91)/t46-,47+,51-,52-,53-,54-,55-,56-,60-,61-,62-/m0/s1. The van der Waals surface area contributed by atoms with Crippen molar-refractivity contribution in [3.63, 3.8) is 0 Å². The number of halogens is 1. The summed E-state index contributed by atoms with van der Waals surface area (Å²) in [6.45, 7) is 18.7. The lowest BCUT2D eigenvalue weighted by Crippen LogP contribution is -2.62. The first-order valence-corrected chi connectivity index (χ1v) is 34.7. The van der Waals surface area contributed by atoms with E-state index in [1.54, 1.807) is 80.3 Å². The van der Waals surface area contributed by atoms with Gasteiger partial charge in [-0.25, -0.2) is 0 Å². The van der Waals surface area contributed by atoms with Crippen LogP contribution in [0.4, 0.5) is 0 Å². The van der Waals surface area contributed by atoms with Crippen LogP contribution >= 0.6 is 11.6 Å². The molecular weight excluding hydrogens is 1260 g/mol. The van der Waals surface area contributed by atoms with E-state index in [0.717, 1.165) is 21.8 Å². The molecule has 97 heavy (non-hydrogen) atoms. The zero-order chi connectivity index (χ0) is 72.9. The highest BCUT2D eigenvalue weighted by Crippen LogP contribution is 2.23. The lowest BCUT2D eigenvalue weighted by Gasteiger charge is -2.36. The van der Waals surface area contributed by atoms with Gasteiger partial charge in [-0.3, -0.25) is 57.5 Å². The topological polar surface area (TPSA) is 308 Å². The average molecular weight is 1380 g/mol. The molecule has 2 saturated heterocycles. The normalized spacial score (nSPS) is 24.9. The molecule has 4 rings (SSSR count). The van der Waals surface area contributed by atoms with E-state index in [4.69, 9.17) is 11.6 Å². The Hall–Kier alpha value is -7.67. The molecule has 0 unspecified atom stereocenters. The van der Waals surface area contributed by atoms with Gasteiger partial charge in [-0.1, -0.05) is 130 Å². The van der Waals surface area contributed by atoms with Crippen molar-refractivity contribution >= 4 is 82.5 Å². The van der Waals surface area contributed by atoms with Gasteiger partial charge in [0, 0.05) is 66.8 Å². The maximum atomic E-state index is 15.2. The molecule has 0 spiro atoms. The molecule has 2 heterocycles. The molecule has 540 valence electrons. The highest BCUT2D eigenvalue weighted by atomic mass is 35.5. The summed E-state index contributed by atoms with van der Waals surface area (Å²) in [5.74, 6) is -10.5. The number of amides is 12. The van der Waals surface area contributed by atoms with Crippen LogP contribution in [-0.4, -0.2) is 239 Å². The number of nitrogens with one attached hydrogen (secondary N) is 5. The average Bonchev–Trinajstić information content (AvgIpc) is 0.865. The molecule has 0 saturated carbocycles. The number of aliphatic hydroxyl groups is 1. The maximum Gasteiger partial charge on any atom is 0.248 e. The first kappa shape index (κ1) is 81.8. The van der Waals surface area contributed by atoms with Crippen LogP contribution in [-0.2, 0) is 70.4 Å². The Labute approximate surface area is 579 Å². The summed E-state index contributed by atoms with van der Waals surface area (Å²) in [4.78, 5) is 186. The van der Waals surface area contributed by atoms with Gasteiger partial charge in [0.25, 0.3) is 0 Å². The first-order valence-electron chi connectivity index (χ1n) is 34.3. The minimum Gasteiger partial charge on any atom is -0.391 e. The number of nitrogens with zero attached hydrogens (tertiary/aromatic N) is 7. The highest BCUT2D eigenvalue weighted by molar-refractivity contribution is 6.30. The van der Waals surface area contributed by atoms with E-state index in [1.165, 1.54) is 68.8 Å². The molecule has 12 amide bonds. The molecule has 0 bridgehead atoms. The molecule has 2 fully saturated rings. The van der Waals surface area contributed by atoms with Crippen LogP contribution in [0.1, 0.15) is 145 Å². The van der Waals surface area contributed by atoms with E-state index < -0.39 is 163 Å². The number of hydrogen-bond acceptors (Lipinski definition) is 13. The zero-order valence-corrected chi connectivity index (χ0v) is 61.1. The Bertz CT molecular complexity index is 3030. The minimum atomic E-state index is -1.65. The summed E-state index contributed by atoms with van der Waals surface area (Å²) < 4.78 is 0. The van der Waals surface area contributed by atoms with Gasteiger partial charge in [0.15, 0.2) is 0 Å². The molecule has 2 aliphatic rings. The van der Waals surface area contributed by atoms with E-state index in [9.17, 15) is 48.3 Å². The molecule has 11 atom stereocenters. The quantitative estimate of drug-likeness (QED) is 0.140. The molecule has 26 heteroatoms. The Morgan fingerprint density at radius 2 is 1.04 bits per heavy atom. The molecule has 0 aliphatic carbocycles. The summed E-state index contributed by atoms with van der Waals surface area (Å²) in [6, 6.07) is 3.72. The fourth-order valence-electron chi connectivity index (χ4n) is 12.3. The monoisotopic (exact) mass is 1370 g/mol. The summed E-state index contributed by atoms with van der Waals surface area (Å²) >= 11 is 6.40. The number of carbonyl (C=O) groups is 12. The second kappa shape index (κ2) is 38.5. The second-order valence-electron chi connectivity index (χ2n) is 28.2. The zero-order valence-electron chi connectivity index (χ0n) is 60.3. The fraction of sp³-hybridized carbons (Fsp3) is 0.662. The lowest BCUT2D eigenvalue weighted by atomic mass is 9.94. The molecular formula is C71H111ClN12O13. The summed E-state index contributed by atoms with van der Waals surface area (Å²) in [6.07, 6.45) is 0.835. The number of carbonyl (C=O) groups excluding carboxylic acids is 12. The molecule has 6 N–H and O–H groups in total. The molecule has 0 aromatic heterocycles. The van der Waals surface area contributed by atoms with Gasteiger partial charge < -0.3 is 66.0 Å². The van der Waals surface area contributed by atoms with Gasteiger partial charge in [-0.05, 0) is 111 Å². The van der Waals surface area contributed by atoms with Crippen molar-refractivity contribution in [3.05, 3.63) is 70.7 Å². The van der Waals surface area contributed by atoms with Crippen molar-refractivity contribution < 1.29 is 62.6 Å². The first-order chi connectivity index (χ1) is 45.5. The van der Waals surface area contributed by atoms with Gasteiger partial charge in [-0.2, -0.15) is 0 Å². The SMILES string of the molecule is CC[C@H](C)[C@@H]1NC(=O)[C@H](Cc2ccccc2)N(C)C(=O)CN(C)C(=O)C[C@@H](C(=O)N2CCCCC2)NC(=O)[C@H](C(C)C)N(C)C(=O)[C@H](CCc2cccc(Cl)c2)NC(=O)[C@H](CC(C)C)NC(=O)[C@H](CC(C)C)N(C)C(=O)CN(C)C(=O)[C@H]([C@@H](C)O)NC(=O)[C@H](CC(C)C)N(C)C1=O. The molecule has 0 radical (unpaired) electrons. The van der Waals surface area contributed by atoms with Gasteiger partial charge in [0.05, 0.1) is 25.6 Å². The lowest BCUT2D eigenvalue weighted by molar-refractivity contribution is -0.148. The van der Waals surface area contributed by atoms with Crippen molar-refractivity contribution in [2.45, 2.75) is 207 Å². The van der Waals surface area contributed by atoms with Crippen molar-refractivity contribution in [2.75, 3.05) is 68.5 Å². The second-order valence-corrected chi connectivity index (χ2v) is 28.6. The number of rotatable bonds is 16. The predicted octanol–water partition coefficient (Wildman–Crippen LogP) is 3.80. The number of piperidine rings is 1.